The largest absolute Gasteiger partial charge is 0.340 e. The van der Waals surface area contributed by atoms with Crippen LogP contribution in [0.5, 0.6) is 0 Å². The maximum absolute atomic E-state index is 13.2. The Kier molecular flexibility index (Phi) is 6.70. The molecular weight excluding hydrogens is 424 g/mol. The van der Waals surface area contributed by atoms with Gasteiger partial charge in [0.15, 0.2) is 0 Å². The number of nitrogens with one attached hydrogen (secondary N) is 1. The van der Waals surface area contributed by atoms with Crippen LogP contribution < -0.4 is 5.32 Å². The first kappa shape index (κ1) is 23.1. The Labute approximate surface area is 202 Å². The van der Waals surface area contributed by atoms with Crippen LogP contribution in [0.4, 0.5) is 0 Å². The molecule has 3 fully saturated rings. The number of carbonyl (C=O) groups is 2. The number of rotatable bonds is 5. The molecule has 0 bridgehead atoms. The maximum atomic E-state index is 13.2. The second-order valence-corrected chi connectivity index (χ2v) is 10.2. The minimum Gasteiger partial charge on any atom is -0.340 e. The Morgan fingerprint density at radius 1 is 0.735 bits per heavy atom. The molecule has 4 atom stereocenters. The summed E-state index contributed by atoms with van der Waals surface area (Å²) in [5, 5.41) is 3.47. The van der Waals surface area contributed by atoms with Gasteiger partial charge in [-0.3, -0.25) is 14.5 Å². The van der Waals surface area contributed by atoms with Crippen molar-refractivity contribution in [2.75, 3.05) is 39.3 Å². The van der Waals surface area contributed by atoms with Crippen LogP contribution in [0.3, 0.4) is 0 Å². The predicted molar refractivity (Wildman–Crippen MR) is 133 cm³/mol. The minimum atomic E-state index is -0.126. The normalized spacial score (nSPS) is 27.6. The highest BCUT2D eigenvalue weighted by molar-refractivity contribution is 5.92. The molecule has 3 aliphatic rings. The number of benzene rings is 2. The van der Waals surface area contributed by atoms with Gasteiger partial charge in [0.05, 0.1) is 17.9 Å². The van der Waals surface area contributed by atoms with Crippen LogP contribution in [-0.2, 0) is 9.59 Å². The van der Waals surface area contributed by atoms with Gasteiger partial charge in [-0.25, -0.2) is 0 Å². The van der Waals surface area contributed by atoms with Crippen LogP contribution in [0.2, 0.25) is 0 Å². The SMILES string of the molecule is CC1CN(C(=O)[C@H]2C[C@@H]2C(=O)N2CCN(C(c3ccccc3)c3ccccc3)CC2)CC(C)N1. The summed E-state index contributed by atoms with van der Waals surface area (Å²) in [6, 6.07) is 22.0. The van der Waals surface area contributed by atoms with Gasteiger partial charge in [0.1, 0.15) is 0 Å². The summed E-state index contributed by atoms with van der Waals surface area (Å²) in [7, 11) is 0. The number of nitrogens with zero attached hydrogens (tertiary/aromatic N) is 3. The van der Waals surface area contributed by atoms with E-state index >= 15 is 0 Å². The molecule has 1 saturated carbocycles. The molecule has 6 nitrogen and oxygen atoms in total. The fourth-order valence-electron chi connectivity index (χ4n) is 5.80. The standard InChI is InChI=1S/C28H36N4O2/c1-20-18-32(19-21(2)29-20)28(34)25-17-24(25)27(33)31-15-13-30(14-16-31)26(22-9-5-3-6-10-22)23-11-7-4-8-12-23/h3-12,20-21,24-26,29H,13-19H2,1-2H3/t20?,21?,24-,25-/m0/s1. The lowest BCUT2D eigenvalue weighted by Crippen LogP contribution is -2.56. The van der Waals surface area contributed by atoms with Gasteiger partial charge >= 0.3 is 0 Å². The average molecular weight is 461 g/mol. The molecule has 0 aromatic heterocycles. The Morgan fingerprint density at radius 2 is 1.21 bits per heavy atom. The summed E-state index contributed by atoms with van der Waals surface area (Å²) in [6.07, 6.45) is 0.710. The zero-order valence-electron chi connectivity index (χ0n) is 20.3. The van der Waals surface area contributed by atoms with Crippen molar-refractivity contribution in [2.45, 2.75) is 38.4 Å². The van der Waals surface area contributed by atoms with E-state index in [1.54, 1.807) is 0 Å². The lowest BCUT2D eigenvalue weighted by molar-refractivity contribution is -0.139. The summed E-state index contributed by atoms with van der Waals surface area (Å²) in [4.78, 5) is 32.7. The van der Waals surface area contributed by atoms with E-state index in [4.69, 9.17) is 0 Å². The van der Waals surface area contributed by atoms with Crippen molar-refractivity contribution in [3.8, 4) is 0 Å². The Bertz CT molecular complexity index is 940. The molecule has 2 amide bonds. The van der Waals surface area contributed by atoms with Gasteiger partial charge in [-0.15, -0.1) is 0 Å². The van der Waals surface area contributed by atoms with Crippen LogP contribution in [-0.4, -0.2) is 77.9 Å². The second kappa shape index (κ2) is 9.88. The van der Waals surface area contributed by atoms with Crippen LogP contribution in [0, 0.1) is 11.8 Å². The molecule has 0 spiro atoms. The molecule has 2 aromatic carbocycles. The van der Waals surface area contributed by atoms with Crippen molar-refractivity contribution in [1.82, 2.24) is 20.0 Å². The van der Waals surface area contributed by atoms with Crippen LogP contribution >= 0.6 is 0 Å². The Balaban J connectivity index is 1.20. The summed E-state index contributed by atoms with van der Waals surface area (Å²) in [5.74, 6) is 0.0959. The quantitative estimate of drug-likeness (QED) is 0.746. The number of amides is 2. The van der Waals surface area contributed by atoms with Gasteiger partial charge in [0.25, 0.3) is 0 Å². The monoisotopic (exact) mass is 460 g/mol. The zero-order chi connectivity index (χ0) is 23.7. The lowest BCUT2D eigenvalue weighted by Gasteiger charge is -2.40. The summed E-state index contributed by atoms with van der Waals surface area (Å²) in [6.45, 7) is 8.80. The van der Waals surface area contributed by atoms with Crippen LogP contribution in [0.1, 0.15) is 37.4 Å². The molecular formula is C28H36N4O2. The van der Waals surface area contributed by atoms with Crippen LogP contribution in [0.15, 0.2) is 60.7 Å². The maximum Gasteiger partial charge on any atom is 0.226 e. The molecule has 1 N–H and O–H groups in total. The highest BCUT2D eigenvalue weighted by atomic mass is 16.2. The number of hydrogen-bond donors (Lipinski definition) is 1. The minimum absolute atomic E-state index is 0.121. The molecule has 2 unspecified atom stereocenters. The van der Waals surface area contributed by atoms with E-state index in [0.717, 1.165) is 26.2 Å². The molecule has 6 heteroatoms. The summed E-state index contributed by atoms with van der Waals surface area (Å²) >= 11 is 0. The first-order chi connectivity index (χ1) is 16.5. The fourth-order valence-corrected chi connectivity index (χ4v) is 5.80. The van der Waals surface area contributed by atoms with E-state index in [-0.39, 0.29) is 29.7 Å². The smallest absolute Gasteiger partial charge is 0.226 e. The highest BCUT2D eigenvalue weighted by Crippen LogP contribution is 2.42. The number of carbonyl (C=O) groups excluding carboxylic acids is 2. The first-order valence-electron chi connectivity index (χ1n) is 12.7. The Hall–Kier alpha value is -2.70. The zero-order valence-corrected chi connectivity index (χ0v) is 20.3. The number of piperazine rings is 2. The van der Waals surface area contributed by atoms with Crippen molar-refractivity contribution in [3.05, 3.63) is 71.8 Å². The third kappa shape index (κ3) is 4.89. The van der Waals surface area contributed by atoms with E-state index < -0.39 is 0 Å². The number of hydrogen-bond acceptors (Lipinski definition) is 4. The van der Waals surface area contributed by atoms with Crippen molar-refractivity contribution < 1.29 is 9.59 Å². The molecule has 1 aliphatic carbocycles. The fraction of sp³-hybridized carbons (Fsp3) is 0.500. The molecule has 2 heterocycles. The predicted octanol–water partition coefficient (Wildman–Crippen LogP) is 2.77. The topological polar surface area (TPSA) is 55.9 Å². The summed E-state index contributed by atoms with van der Waals surface area (Å²) < 4.78 is 0. The van der Waals surface area contributed by atoms with Crippen molar-refractivity contribution in [1.29, 1.82) is 0 Å². The van der Waals surface area contributed by atoms with Crippen molar-refractivity contribution >= 4 is 11.8 Å². The average Bonchev–Trinajstić information content (AvgIpc) is 3.65. The van der Waals surface area contributed by atoms with E-state index in [0.29, 0.717) is 31.6 Å². The van der Waals surface area contributed by atoms with E-state index in [2.05, 4.69) is 84.7 Å². The van der Waals surface area contributed by atoms with E-state index in [9.17, 15) is 9.59 Å². The third-order valence-corrected chi connectivity index (χ3v) is 7.52. The van der Waals surface area contributed by atoms with Crippen molar-refractivity contribution in [3.63, 3.8) is 0 Å². The molecule has 34 heavy (non-hydrogen) atoms. The molecule has 2 saturated heterocycles. The van der Waals surface area contributed by atoms with Gasteiger partial charge in [-0.1, -0.05) is 60.7 Å². The highest BCUT2D eigenvalue weighted by Gasteiger charge is 2.51. The van der Waals surface area contributed by atoms with Gasteiger partial charge < -0.3 is 15.1 Å². The molecule has 2 aliphatic heterocycles. The molecule has 0 radical (unpaired) electrons. The van der Waals surface area contributed by atoms with Gasteiger partial charge in [-0.2, -0.15) is 0 Å². The summed E-state index contributed by atoms with van der Waals surface area (Å²) in [5.41, 5.74) is 2.56. The van der Waals surface area contributed by atoms with Gasteiger partial charge in [-0.05, 0) is 31.4 Å². The molecule has 5 rings (SSSR count). The Morgan fingerprint density at radius 3 is 1.71 bits per heavy atom. The molecule has 2 aromatic rings. The van der Waals surface area contributed by atoms with E-state index in [1.165, 1.54) is 11.1 Å². The first-order valence-corrected chi connectivity index (χ1v) is 12.7. The third-order valence-electron chi connectivity index (χ3n) is 7.52. The van der Waals surface area contributed by atoms with Crippen molar-refractivity contribution in [2.24, 2.45) is 11.8 Å². The van der Waals surface area contributed by atoms with Crippen LogP contribution in [0.25, 0.3) is 0 Å². The molecule has 180 valence electrons. The van der Waals surface area contributed by atoms with Gasteiger partial charge in [0, 0.05) is 51.4 Å². The lowest BCUT2D eigenvalue weighted by atomic mass is 9.96. The van der Waals surface area contributed by atoms with Gasteiger partial charge in [0.2, 0.25) is 11.8 Å². The second-order valence-electron chi connectivity index (χ2n) is 10.2. The van der Waals surface area contributed by atoms with E-state index in [1.807, 2.05) is 9.80 Å².